The first-order valence-corrected chi connectivity index (χ1v) is 6.45. The number of carboxylic acids is 1. The molecule has 1 saturated carbocycles. The van der Waals surface area contributed by atoms with E-state index in [2.05, 4.69) is 15.3 Å². The van der Waals surface area contributed by atoms with Crippen molar-refractivity contribution in [2.75, 3.05) is 0 Å². The number of rotatable bonds is 2. The Morgan fingerprint density at radius 3 is 2.82 bits per heavy atom. The van der Waals surface area contributed by atoms with E-state index in [0.29, 0.717) is 16.8 Å². The molecule has 1 aromatic heterocycles. The molecule has 0 saturated heterocycles. The maximum absolute atomic E-state index is 11.0. The van der Waals surface area contributed by atoms with Crippen molar-refractivity contribution in [2.24, 2.45) is 5.10 Å². The smallest absolute Gasteiger partial charge is 0.322 e. The minimum absolute atomic E-state index is 0.440. The first-order valence-electron chi connectivity index (χ1n) is 5.57. The van der Waals surface area contributed by atoms with E-state index in [0.717, 1.165) is 18.7 Å². The van der Waals surface area contributed by atoms with Gasteiger partial charge >= 0.3 is 5.97 Å². The topological polar surface area (TPSA) is 80.4 Å². The molecular weight excluding hydrogens is 240 g/mol. The molecule has 6 nitrogen and oxygen atoms in total. The molecule has 1 unspecified atom stereocenters. The van der Waals surface area contributed by atoms with Crippen molar-refractivity contribution in [3.63, 3.8) is 0 Å². The summed E-state index contributed by atoms with van der Waals surface area (Å²) in [5, 5.41) is 21.5. The second kappa shape index (κ2) is 3.83. The van der Waals surface area contributed by atoms with Crippen molar-refractivity contribution >= 4 is 23.4 Å². The fourth-order valence-corrected chi connectivity index (χ4v) is 2.85. The van der Waals surface area contributed by atoms with Crippen LogP contribution in [0.15, 0.2) is 10.3 Å². The lowest BCUT2D eigenvalue weighted by molar-refractivity contribution is -0.135. The van der Waals surface area contributed by atoms with Crippen LogP contribution in [0.25, 0.3) is 0 Å². The van der Waals surface area contributed by atoms with Crippen LogP contribution in [0.4, 0.5) is 0 Å². The van der Waals surface area contributed by atoms with Gasteiger partial charge in [0.15, 0.2) is 5.82 Å². The molecule has 90 valence electrons. The summed E-state index contributed by atoms with van der Waals surface area (Å²) in [7, 11) is 0. The van der Waals surface area contributed by atoms with Crippen LogP contribution in [0.3, 0.4) is 0 Å². The van der Waals surface area contributed by atoms with Gasteiger partial charge in [0.25, 0.3) is 0 Å². The minimum Gasteiger partial charge on any atom is -0.480 e. The van der Waals surface area contributed by atoms with E-state index in [9.17, 15) is 4.79 Å². The molecule has 1 fully saturated rings. The largest absolute Gasteiger partial charge is 0.480 e. The number of hydrogen-bond donors (Lipinski definition) is 1. The van der Waals surface area contributed by atoms with Gasteiger partial charge in [-0.3, -0.25) is 4.79 Å². The highest BCUT2D eigenvalue weighted by molar-refractivity contribution is 8.01. The molecule has 0 bridgehead atoms. The van der Waals surface area contributed by atoms with Crippen LogP contribution in [0.2, 0.25) is 0 Å². The molecule has 0 spiro atoms. The van der Waals surface area contributed by atoms with E-state index in [4.69, 9.17) is 5.11 Å². The molecule has 2 heterocycles. The molecule has 1 aromatic rings. The van der Waals surface area contributed by atoms with Gasteiger partial charge in [0.05, 0.1) is 5.71 Å². The van der Waals surface area contributed by atoms with Crippen LogP contribution >= 0.6 is 11.8 Å². The number of carbonyl (C=O) groups is 1. The lowest BCUT2D eigenvalue weighted by Gasteiger charge is -2.25. The molecule has 1 atom stereocenters. The first kappa shape index (κ1) is 10.8. The fourth-order valence-electron chi connectivity index (χ4n) is 2.00. The summed E-state index contributed by atoms with van der Waals surface area (Å²) in [4.78, 5) is 11.0. The third kappa shape index (κ3) is 1.65. The monoisotopic (exact) mass is 252 g/mol. The Labute approximate surface area is 102 Å². The van der Waals surface area contributed by atoms with Gasteiger partial charge in [0.2, 0.25) is 5.16 Å². The van der Waals surface area contributed by atoms with Gasteiger partial charge < -0.3 is 5.11 Å². The Bertz CT molecular complexity index is 506. The number of thioether (sulfide) groups is 1. The van der Waals surface area contributed by atoms with Gasteiger partial charge in [-0.05, 0) is 19.8 Å². The molecule has 0 radical (unpaired) electrons. The predicted molar refractivity (Wildman–Crippen MR) is 62.4 cm³/mol. The van der Waals surface area contributed by atoms with Crippen molar-refractivity contribution in [1.29, 1.82) is 0 Å². The van der Waals surface area contributed by atoms with Gasteiger partial charge in [-0.2, -0.15) is 9.78 Å². The zero-order valence-electron chi connectivity index (χ0n) is 9.33. The van der Waals surface area contributed by atoms with Crippen molar-refractivity contribution in [1.82, 2.24) is 14.9 Å². The van der Waals surface area contributed by atoms with Gasteiger partial charge in [-0.1, -0.05) is 18.2 Å². The second-order valence-electron chi connectivity index (χ2n) is 4.36. The summed E-state index contributed by atoms with van der Waals surface area (Å²) < 4.78 is 1.71. The number of carboxylic acid groups (broad SMARTS) is 1. The van der Waals surface area contributed by atoms with E-state index in [1.54, 1.807) is 11.6 Å². The Balaban J connectivity index is 1.97. The van der Waals surface area contributed by atoms with Crippen LogP contribution < -0.4 is 0 Å². The number of hydrogen-bond acceptors (Lipinski definition) is 5. The Hall–Kier alpha value is -1.37. The van der Waals surface area contributed by atoms with Crippen LogP contribution in [-0.4, -0.2) is 36.9 Å². The minimum atomic E-state index is -0.879. The van der Waals surface area contributed by atoms with E-state index < -0.39 is 11.2 Å². The van der Waals surface area contributed by atoms with E-state index in [1.807, 2.05) is 0 Å². The number of fused-ring (bicyclic) bond motifs is 1. The first-order chi connectivity index (χ1) is 8.16. The van der Waals surface area contributed by atoms with Crippen molar-refractivity contribution in [2.45, 2.75) is 42.5 Å². The molecule has 1 aliphatic carbocycles. The molecule has 17 heavy (non-hydrogen) atoms. The molecule has 1 N–H and O–H groups in total. The van der Waals surface area contributed by atoms with Gasteiger partial charge in [-0.25, -0.2) is 0 Å². The zero-order valence-corrected chi connectivity index (χ0v) is 10.1. The number of aliphatic carboxylic acids is 1. The van der Waals surface area contributed by atoms with Gasteiger partial charge in [0, 0.05) is 5.92 Å². The summed E-state index contributed by atoms with van der Waals surface area (Å²) in [6.07, 6.45) is 3.47. The zero-order chi connectivity index (χ0) is 12.0. The summed E-state index contributed by atoms with van der Waals surface area (Å²) >= 11 is 1.21. The lowest BCUT2D eigenvalue weighted by Crippen LogP contribution is -2.29. The number of aromatic nitrogens is 3. The average Bonchev–Trinajstić information content (AvgIpc) is 2.58. The SMILES string of the molecule is CC1=Nn2c(nnc2C2CCC2)SC1C(=O)O. The van der Waals surface area contributed by atoms with Gasteiger partial charge in [0.1, 0.15) is 5.25 Å². The van der Waals surface area contributed by atoms with Crippen LogP contribution in [0.1, 0.15) is 37.9 Å². The summed E-state index contributed by atoms with van der Waals surface area (Å²) in [5.74, 6) is 0.437. The third-order valence-electron chi connectivity index (χ3n) is 3.19. The maximum atomic E-state index is 11.0. The van der Waals surface area contributed by atoms with Crippen LogP contribution in [-0.2, 0) is 4.79 Å². The molecule has 0 aromatic carbocycles. The summed E-state index contributed by atoms with van der Waals surface area (Å²) in [6, 6.07) is 0. The third-order valence-corrected chi connectivity index (χ3v) is 4.44. The van der Waals surface area contributed by atoms with Crippen molar-refractivity contribution in [3.8, 4) is 0 Å². The highest BCUT2D eigenvalue weighted by atomic mass is 32.2. The van der Waals surface area contributed by atoms with E-state index in [1.165, 1.54) is 18.2 Å². The van der Waals surface area contributed by atoms with Crippen molar-refractivity contribution < 1.29 is 9.90 Å². The van der Waals surface area contributed by atoms with Crippen LogP contribution in [0.5, 0.6) is 0 Å². The average molecular weight is 252 g/mol. The fraction of sp³-hybridized carbons (Fsp3) is 0.600. The standard InChI is InChI=1S/C10H12N4O2S/c1-5-7(9(15)16)17-10-12-11-8(14(10)13-5)6-3-2-4-6/h6-7H,2-4H2,1H3,(H,15,16). The lowest BCUT2D eigenvalue weighted by atomic mass is 9.85. The molecule has 2 aliphatic rings. The molecule has 7 heteroatoms. The highest BCUT2D eigenvalue weighted by Crippen LogP contribution is 2.38. The molecule has 1 aliphatic heterocycles. The van der Waals surface area contributed by atoms with Crippen LogP contribution in [0, 0.1) is 0 Å². The van der Waals surface area contributed by atoms with E-state index >= 15 is 0 Å². The van der Waals surface area contributed by atoms with E-state index in [-0.39, 0.29) is 0 Å². The summed E-state index contributed by atoms with van der Waals surface area (Å²) in [5.41, 5.74) is 0.593. The maximum Gasteiger partial charge on any atom is 0.322 e. The Morgan fingerprint density at radius 1 is 1.47 bits per heavy atom. The normalized spacial score (nSPS) is 23.8. The van der Waals surface area contributed by atoms with Crippen molar-refractivity contribution in [3.05, 3.63) is 5.82 Å². The number of nitrogens with zero attached hydrogens (tertiary/aromatic N) is 4. The second-order valence-corrected chi connectivity index (χ2v) is 5.43. The predicted octanol–water partition coefficient (Wildman–Crippen LogP) is 1.33. The quantitative estimate of drug-likeness (QED) is 0.858. The Morgan fingerprint density at radius 2 is 2.24 bits per heavy atom. The molecule has 0 amide bonds. The van der Waals surface area contributed by atoms with Gasteiger partial charge in [-0.15, -0.1) is 10.2 Å². The molecule has 3 rings (SSSR count). The highest BCUT2D eigenvalue weighted by Gasteiger charge is 2.33. The Kier molecular flexibility index (Phi) is 2.43. The molecular formula is C10H12N4O2S. The summed E-state index contributed by atoms with van der Waals surface area (Å²) in [6.45, 7) is 1.74.